The summed E-state index contributed by atoms with van der Waals surface area (Å²) in [4.78, 5) is 0. The number of para-hydroxylation sites is 1. The Labute approximate surface area is 293 Å². The maximum Gasteiger partial charge on any atom is 0.147 e. The number of benzene rings is 8. The first-order valence-electron chi connectivity index (χ1n) is 16.8. The average molecular weight is 673 g/mol. The minimum absolute atomic E-state index is 0.842. The van der Waals surface area contributed by atoms with E-state index < -0.39 is 0 Å². The number of fused-ring (bicyclic) bond motifs is 14. The third-order valence-electron chi connectivity index (χ3n) is 10.6. The first-order valence-corrected chi connectivity index (χ1v) is 18.5. The largest absolute Gasteiger partial charge is 0.456 e. The van der Waals surface area contributed by atoms with Gasteiger partial charge in [-0.3, -0.25) is 0 Å². The molecule has 0 fully saturated rings. The highest BCUT2D eigenvalue weighted by atomic mass is 32.1. The minimum Gasteiger partial charge on any atom is -0.456 e. The van der Waals surface area contributed by atoms with Gasteiger partial charge >= 0.3 is 0 Å². The van der Waals surface area contributed by atoms with Crippen molar-refractivity contribution < 1.29 is 8.83 Å². The van der Waals surface area contributed by atoms with Crippen molar-refractivity contribution in [3.8, 4) is 22.3 Å². The number of hydrogen-bond acceptors (Lipinski definition) is 4. The van der Waals surface area contributed by atoms with E-state index in [1.807, 2.05) is 34.8 Å². The molecule has 12 aromatic rings. The molecule has 2 nitrogen and oxygen atoms in total. The lowest BCUT2D eigenvalue weighted by Crippen LogP contribution is -1.91. The van der Waals surface area contributed by atoms with Crippen molar-refractivity contribution in [2.24, 2.45) is 0 Å². The van der Waals surface area contributed by atoms with Gasteiger partial charge in [0.1, 0.15) is 22.3 Å². The van der Waals surface area contributed by atoms with Crippen LogP contribution in [0.25, 0.3) is 118 Å². The third-order valence-corrected chi connectivity index (χ3v) is 12.7. The number of rotatable bonds is 2. The van der Waals surface area contributed by atoms with E-state index in [0.29, 0.717) is 0 Å². The van der Waals surface area contributed by atoms with Crippen molar-refractivity contribution in [3.05, 3.63) is 145 Å². The van der Waals surface area contributed by atoms with Crippen LogP contribution >= 0.6 is 22.7 Å². The van der Waals surface area contributed by atoms with Gasteiger partial charge in [-0.05, 0) is 85.4 Å². The average Bonchev–Trinajstić information content (AvgIpc) is 3.95. The molecule has 0 bridgehead atoms. The Hall–Kier alpha value is -5.94. The molecule has 0 saturated carbocycles. The third kappa shape index (κ3) is 3.46. The first-order chi connectivity index (χ1) is 24.8. The van der Waals surface area contributed by atoms with Crippen LogP contribution in [-0.2, 0) is 0 Å². The monoisotopic (exact) mass is 672 g/mol. The molecular formula is C46H24O2S2. The van der Waals surface area contributed by atoms with Gasteiger partial charge in [-0.1, -0.05) is 103 Å². The van der Waals surface area contributed by atoms with Gasteiger partial charge in [-0.2, -0.15) is 0 Å². The van der Waals surface area contributed by atoms with Crippen molar-refractivity contribution >= 4 is 118 Å². The smallest absolute Gasteiger partial charge is 0.147 e. The van der Waals surface area contributed by atoms with E-state index in [1.54, 1.807) is 0 Å². The van der Waals surface area contributed by atoms with Gasteiger partial charge in [-0.25, -0.2) is 0 Å². The molecule has 0 saturated heterocycles. The fraction of sp³-hybridized carbons (Fsp3) is 0. The second-order valence-corrected chi connectivity index (χ2v) is 15.1. The maximum absolute atomic E-state index is 6.76. The lowest BCUT2D eigenvalue weighted by atomic mass is 9.84. The van der Waals surface area contributed by atoms with E-state index >= 15 is 0 Å². The van der Waals surface area contributed by atoms with Crippen LogP contribution in [0.4, 0.5) is 0 Å². The lowest BCUT2D eigenvalue weighted by molar-refractivity contribution is 0.663. The Morgan fingerprint density at radius 2 is 1.02 bits per heavy atom. The molecule has 0 aliphatic rings. The molecule has 0 radical (unpaired) electrons. The zero-order valence-electron chi connectivity index (χ0n) is 26.5. The van der Waals surface area contributed by atoms with Gasteiger partial charge in [0.15, 0.2) is 0 Å². The molecule has 4 heteroatoms. The van der Waals surface area contributed by atoms with E-state index in [-0.39, 0.29) is 0 Å². The van der Waals surface area contributed by atoms with Crippen LogP contribution in [0.15, 0.2) is 154 Å². The van der Waals surface area contributed by atoms with Crippen molar-refractivity contribution in [3.63, 3.8) is 0 Å². The van der Waals surface area contributed by atoms with Crippen molar-refractivity contribution in [1.29, 1.82) is 0 Å². The molecule has 8 aromatic carbocycles. The predicted octanol–water partition coefficient (Wildman–Crippen LogP) is 14.7. The van der Waals surface area contributed by atoms with Crippen molar-refractivity contribution in [2.75, 3.05) is 0 Å². The Balaban J connectivity index is 1.21. The fourth-order valence-corrected chi connectivity index (χ4v) is 10.8. The minimum atomic E-state index is 0.842. The summed E-state index contributed by atoms with van der Waals surface area (Å²) in [5.41, 5.74) is 8.44. The SMILES string of the molecule is c1ccc2c(c1)oc1ccc3c(oc4cccc(-c5c6ccccc6c(-c6cccc7c6sc6ccc8ccsc8c67)c6ccccc56)c43)c12. The molecule has 232 valence electrons. The quantitative estimate of drug-likeness (QED) is 0.171. The zero-order chi connectivity index (χ0) is 32.5. The summed E-state index contributed by atoms with van der Waals surface area (Å²) in [6.45, 7) is 0. The molecule has 12 rings (SSSR count). The number of hydrogen-bond donors (Lipinski definition) is 0. The van der Waals surface area contributed by atoms with E-state index in [4.69, 9.17) is 8.83 Å². The lowest BCUT2D eigenvalue weighted by Gasteiger charge is -2.18. The van der Waals surface area contributed by atoms with Crippen LogP contribution in [0.1, 0.15) is 0 Å². The number of thiophene rings is 2. The highest BCUT2D eigenvalue weighted by molar-refractivity contribution is 7.27. The van der Waals surface area contributed by atoms with Gasteiger partial charge in [0.25, 0.3) is 0 Å². The summed E-state index contributed by atoms with van der Waals surface area (Å²) >= 11 is 3.75. The Kier molecular flexibility index (Phi) is 5.29. The van der Waals surface area contributed by atoms with Crippen LogP contribution in [0.3, 0.4) is 0 Å². The highest BCUT2D eigenvalue weighted by Gasteiger charge is 2.23. The molecule has 0 N–H and O–H groups in total. The summed E-state index contributed by atoms with van der Waals surface area (Å²) in [6.07, 6.45) is 0. The molecule has 0 aliphatic heterocycles. The highest BCUT2D eigenvalue weighted by Crippen LogP contribution is 2.51. The van der Waals surface area contributed by atoms with Gasteiger partial charge < -0.3 is 8.83 Å². The summed E-state index contributed by atoms with van der Waals surface area (Å²) in [5, 5.41) is 15.5. The molecule has 0 spiro atoms. The van der Waals surface area contributed by atoms with Crippen molar-refractivity contribution in [2.45, 2.75) is 0 Å². The van der Waals surface area contributed by atoms with Gasteiger partial charge in [0.2, 0.25) is 0 Å². The normalized spacial score (nSPS) is 12.4. The molecule has 50 heavy (non-hydrogen) atoms. The summed E-state index contributed by atoms with van der Waals surface area (Å²) in [6, 6.07) is 50.6. The van der Waals surface area contributed by atoms with E-state index in [2.05, 4.69) is 133 Å². The topological polar surface area (TPSA) is 26.3 Å². The van der Waals surface area contributed by atoms with Gasteiger partial charge in [0, 0.05) is 46.6 Å². The van der Waals surface area contributed by atoms with E-state index in [0.717, 1.165) is 43.9 Å². The summed E-state index contributed by atoms with van der Waals surface area (Å²) in [5.74, 6) is 0. The second-order valence-electron chi connectivity index (χ2n) is 13.1. The molecule has 4 aromatic heterocycles. The molecule has 0 unspecified atom stereocenters. The molecule has 0 amide bonds. The zero-order valence-corrected chi connectivity index (χ0v) is 28.1. The van der Waals surface area contributed by atoms with Gasteiger partial charge in [0.05, 0.1) is 5.39 Å². The van der Waals surface area contributed by atoms with Crippen LogP contribution in [0.5, 0.6) is 0 Å². The molecule has 0 atom stereocenters. The van der Waals surface area contributed by atoms with Crippen molar-refractivity contribution in [1.82, 2.24) is 0 Å². The fourth-order valence-electron chi connectivity index (χ4n) is 8.51. The molecule has 4 heterocycles. The van der Waals surface area contributed by atoms with Crippen LogP contribution < -0.4 is 0 Å². The second kappa shape index (κ2) is 9.82. The maximum atomic E-state index is 6.76. The van der Waals surface area contributed by atoms with Crippen LogP contribution in [0.2, 0.25) is 0 Å². The summed E-state index contributed by atoms with van der Waals surface area (Å²) in [7, 11) is 0. The molecular weight excluding hydrogens is 649 g/mol. The van der Waals surface area contributed by atoms with Gasteiger partial charge in [-0.15, -0.1) is 22.7 Å². The molecule has 0 aliphatic carbocycles. The predicted molar refractivity (Wildman–Crippen MR) is 215 cm³/mol. The van der Waals surface area contributed by atoms with Crippen LogP contribution in [0, 0.1) is 0 Å². The standard InChI is InChI=1S/C46H24O2S2/c1-3-11-28-26(9-1)39(31-14-8-18-36-41(31)32-20-21-37-42(44(32)48-36)30-13-5-6-17-35(30)47-37)27-10-2-4-12-29(27)40(28)33-15-7-16-34-43-38(50-46(33)34)22-19-25-23-24-49-45(25)43/h1-24H. The first kappa shape index (κ1) is 26.9. The Morgan fingerprint density at radius 3 is 1.82 bits per heavy atom. The van der Waals surface area contributed by atoms with E-state index in [9.17, 15) is 0 Å². The number of furan rings is 2. The van der Waals surface area contributed by atoms with E-state index in [1.165, 1.54) is 74.1 Å². The Morgan fingerprint density at radius 1 is 0.380 bits per heavy atom. The van der Waals surface area contributed by atoms with Crippen LogP contribution in [-0.4, -0.2) is 0 Å². The summed E-state index contributed by atoms with van der Waals surface area (Å²) < 4.78 is 17.1. The Bertz CT molecular complexity index is 3330.